The lowest BCUT2D eigenvalue weighted by Crippen LogP contribution is -2.31. The summed E-state index contributed by atoms with van der Waals surface area (Å²) in [5.41, 5.74) is 0.139. The second-order valence-electron chi connectivity index (χ2n) is 5.16. The minimum atomic E-state index is -1.24. The fourth-order valence-corrected chi connectivity index (χ4v) is 2.09. The number of aryl methyl sites for hydroxylation is 1. The molecule has 108 valence electrons. The van der Waals surface area contributed by atoms with Crippen molar-refractivity contribution >= 4 is 17.6 Å². The van der Waals surface area contributed by atoms with E-state index in [0.29, 0.717) is 24.4 Å². The van der Waals surface area contributed by atoms with Crippen LogP contribution in [-0.2, 0) is 9.59 Å². The molecule has 2 aromatic rings. The van der Waals surface area contributed by atoms with E-state index >= 15 is 0 Å². The number of nitrogens with one attached hydrogen (secondary N) is 2. The summed E-state index contributed by atoms with van der Waals surface area (Å²) in [5.74, 6) is -0.224. The number of H-pyrrole nitrogens is 1. The normalized spacial score (nSPS) is 15.5. The van der Waals surface area contributed by atoms with E-state index in [1.165, 1.54) is 0 Å². The maximum atomic E-state index is 12.0. The van der Waals surface area contributed by atoms with Crippen LogP contribution < -0.4 is 5.32 Å². The molecule has 1 saturated carbocycles. The highest BCUT2D eigenvalue weighted by molar-refractivity contribution is 6.10. The molecule has 0 atom stereocenters. The number of amides is 1. The fraction of sp³-hybridized carbons (Fsp3) is 0.286. The Morgan fingerprint density at radius 3 is 2.43 bits per heavy atom. The Hall–Kier alpha value is -2.70. The third-order valence-electron chi connectivity index (χ3n) is 3.59. The van der Waals surface area contributed by atoms with E-state index in [-0.39, 0.29) is 0 Å². The van der Waals surface area contributed by atoms with Gasteiger partial charge in [0.05, 0.1) is 0 Å². The molecule has 1 aliphatic rings. The molecule has 1 aromatic carbocycles. The van der Waals surface area contributed by atoms with Crippen molar-refractivity contribution in [2.45, 2.75) is 19.8 Å². The maximum absolute atomic E-state index is 12.0. The van der Waals surface area contributed by atoms with Gasteiger partial charge in [-0.2, -0.15) is 5.10 Å². The Labute approximate surface area is 120 Å². The Morgan fingerprint density at radius 2 is 1.95 bits per heavy atom. The first-order valence-electron chi connectivity index (χ1n) is 6.55. The van der Waals surface area contributed by atoms with Gasteiger partial charge in [-0.05, 0) is 44.0 Å². The summed E-state index contributed by atoms with van der Waals surface area (Å²) in [6.07, 6.45) is 0.783. The highest BCUT2D eigenvalue weighted by atomic mass is 16.4. The number of hydrogen-bond acceptors (Lipinski definition) is 4. The van der Waals surface area contributed by atoms with Crippen LogP contribution in [-0.4, -0.2) is 32.2 Å². The SMILES string of the molecule is Cc1nc(-c2ccc(NC(=O)C3(C(=O)O)CC3)cc2)n[nH]1. The number of carboxylic acids is 1. The minimum Gasteiger partial charge on any atom is -0.480 e. The van der Waals surface area contributed by atoms with Gasteiger partial charge in [0, 0.05) is 11.3 Å². The van der Waals surface area contributed by atoms with Crippen LogP contribution in [0.25, 0.3) is 11.4 Å². The van der Waals surface area contributed by atoms with Gasteiger partial charge in [-0.15, -0.1) is 0 Å². The lowest BCUT2D eigenvalue weighted by Gasteiger charge is -2.10. The Morgan fingerprint density at radius 1 is 1.29 bits per heavy atom. The zero-order valence-electron chi connectivity index (χ0n) is 11.4. The molecule has 0 spiro atoms. The second-order valence-corrected chi connectivity index (χ2v) is 5.16. The first-order valence-corrected chi connectivity index (χ1v) is 6.55. The summed E-state index contributed by atoms with van der Waals surface area (Å²) in [7, 11) is 0. The van der Waals surface area contributed by atoms with Gasteiger partial charge in [-0.1, -0.05) is 0 Å². The minimum absolute atomic E-state index is 0.392. The van der Waals surface area contributed by atoms with Crippen molar-refractivity contribution < 1.29 is 14.7 Å². The van der Waals surface area contributed by atoms with Crippen LogP contribution in [0.1, 0.15) is 18.7 Å². The van der Waals surface area contributed by atoms with Crippen LogP contribution in [0.2, 0.25) is 0 Å². The number of rotatable bonds is 4. The lowest BCUT2D eigenvalue weighted by atomic mass is 10.1. The zero-order chi connectivity index (χ0) is 15.0. The van der Waals surface area contributed by atoms with Crippen LogP contribution >= 0.6 is 0 Å². The summed E-state index contributed by atoms with van der Waals surface area (Å²) in [6.45, 7) is 1.81. The molecule has 1 heterocycles. The molecule has 0 unspecified atom stereocenters. The van der Waals surface area contributed by atoms with Crippen molar-refractivity contribution in [3.05, 3.63) is 30.1 Å². The van der Waals surface area contributed by atoms with Crippen molar-refractivity contribution in [1.29, 1.82) is 0 Å². The van der Waals surface area contributed by atoms with Gasteiger partial charge in [0.1, 0.15) is 11.2 Å². The summed E-state index contributed by atoms with van der Waals surface area (Å²) < 4.78 is 0. The molecule has 1 amide bonds. The quantitative estimate of drug-likeness (QED) is 0.739. The smallest absolute Gasteiger partial charge is 0.319 e. The number of nitrogens with zero attached hydrogens (tertiary/aromatic N) is 2. The topological polar surface area (TPSA) is 108 Å². The zero-order valence-corrected chi connectivity index (χ0v) is 11.4. The van der Waals surface area contributed by atoms with E-state index in [1.807, 2.05) is 6.92 Å². The van der Waals surface area contributed by atoms with E-state index in [2.05, 4.69) is 20.5 Å². The van der Waals surface area contributed by atoms with Crippen LogP contribution in [0, 0.1) is 12.3 Å². The number of aromatic nitrogens is 3. The molecule has 7 heteroatoms. The molecule has 3 N–H and O–H groups in total. The lowest BCUT2D eigenvalue weighted by molar-refractivity contribution is -0.147. The molecule has 0 saturated heterocycles. The van der Waals surface area contributed by atoms with E-state index in [0.717, 1.165) is 11.4 Å². The van der Waals surface area contributed by atoms with Crippen molar-refractivity contribution in [1.82, 2.24) is 15.2 Å². The Kier molecular flexibility index (Phi) is 2.97. The van der Waals surface area contributed by atoms with Gasteiger partial charge in [0.2, 0.25) is 5.91 Å². The third kappa shape index (κ3) is 2.37. The summed E-state index contributed by atoms with van der Waals surface area (Å²) in [5, 5.41) is 18.5. The molecule has 3 rings (SSSR count). The number of anilines is 1. The van der Waals surface area contributed by atoms with Crippen molar-refractivity contribution in [3.8, 4) is 11.4 Å². The van der Waals surface area contributed by atoms with E-state index in [1.54, 1.807) is 24.3 Å². The predicted molar refractivity (Wildman–Crippen MR) is 74.5 cm³/mol. The van der Waals surface area contributed by atoms with Crippen LogP contribution in [0.4, 0.5) is 5.69 Å². The summed E-state index contributed by atoms with van der Waals surface area (Å²) in [4.78, 5) is 27.3. The van der Waals surface area contributed by atoms with Crippen molar-refractivity contribution in [2.75, 3.05) is 5.32 Å². The van der Waals surface area contributed by atoms with E-state index in [9.17, 15) is 9.59 Å². The second kappa shape index (κ2) is 4.69. The van der Waals surface area contributed by atoms with Crippen molar-refractivity contribution in [2.24, 2.45) is 5.41 Å². The average molecular weight is 286 g/mol. The maximum Gasteiger partial charge on any atom is 0.319 e. The van der Waals surface area contributed by atoms with Crippen LogP contribution in [0.3, 0.4) is 0 Å². The molecule has 0 radical (unpaired) electrons. The average Bonchev–Trinajstić information content (AvgIpc) is 3.17. The summed E-state index contributed by atoms with van der Waals surface area (Å²) in [6, 6.07) is 6.96. The molecular formula is C14H14N4O3. The first-order chi connectivity index (χ1) is 10.0. The number of carbonyl (C=O) groups is 2. The highest BCUT2D eigenvalue weighted by Gasteiger charge is 2.57. The van der Waals surface area contributed by atoms with E-state index in [4.69, 9.17) is 5.11 Å². The standard InChI is InChI=1S/C14H14N4O3/c1-8-15-11(18-17-8)9-2-4-10(5-3-9)16-12(19)14(6-7-14)13(20)21/h2-5H,6-7H2,1H3,(H,16,19)(H,20,21)(H,15,17,18). The monoisotopic (exact) mass is 286 g/mol. The van der Waals surface area contributed by atoms with Crippen LogP contribution in [0.5, 0.6) is 0 Å². The molecular weight excluding hydrogens is 272 g/mol. The van der Waals surface area contributed by atoms with Gasteiger partial charge < -0.3 is 10.4 Å². The number of benzene rings is 1. The fourth-order valence-electron chi connectivity index (χ4n) is 2.09. The molecule has 1 fully saturated rings. The van der Waals surface area contributed by atoms with Crippen LogP contribution in [0.15, 0.2) is 24.3 Å². The molecule has 0 aliphatic heterocycles. The Balaban J connectivity index is 1.73. The van der Waals surface area contributed by atoms with Crippen molar-refractivity contribution in [3.63, 3.8) is 0 Å². The molecule has 7 nitrogen and oxygen atoms in total. The Bertz CT molecular complexity index is 701. The molecule has 1 aliphatic carbocycles. The van der Waals surface area contributed by atoms with Gasteiger partial charge in [-0.3, -0.25) is 14.7 Å². The summed E-state index contributed by atoms with van der Waals surface area (Å²) >= 11 is 0. The molecule has 0 bridgehead atoms. The van der Waals surface area contributed by atoms with Gasteiger partial charge in [-0.25, -0.2) is 4.98 Å². The number of hydrogen-bond donors (Lipinski definition) is 3. The van der Waals surface area contributed by atoms with Gasteiger partial charge in [0.25, 0.3) is 0 Å². The predicted octanol–water partition coefficient (Wildman–Crippen LogP) is 1.58. The van der Waals surface area contributed by atoms with Gasteiger partial charge in [0.15, 0.2) is 5.82 Å². The highest BCUT2D eigenvalue weighted by Crippen LogP contribution is 2.46. The third-order valence-corrected chi connectivity index (χ3v) is 3.59. The number of aliphatic carboxylic acids is 1. The molecule has 1 aromatic heterocycles. The largest absolute Gasteiger partial charge is 0.480 e. The first kappa shape index (κ1) is 13.3. The number of carbonyl (C=O) groups excluding carboxylic acids is 1. The van der Waals surface area contributed by atoms with Gasteiger partial charge >= 0.3 is 5.97 Å². The molecule has 21 heavy (non-hydrogen) atoms. The number of carboxylic acid groups (broad SMARTS) is 1. The number of aromatic amines is 1. The van der Waals surface area contributed by atoms with E-state index < -0.39 is 17.3 Å².